The molecule has 18 heavy (non-hydrogen) atoms. The summed E-state index contributed by atoms with van der Waals surface area (Å²) in [6.07, 6.45) is 3.60. The van der Waals surface area contributed by atoms with E-state index in [-0.39, 0.29) is 6.04 Å². The summed E-state index contributed by atoms with van der Waals surface area (Å²) < 4.78 is 0. The third kappa shape index (κ3) is 3.40. The molecule has 4 heteroatoms. The standard InChI is InChI=1S/C14H20N4/c1-3-8-15-13(14-16-10-17-18-14)9-12-6-4-11(2)5-7-12/h4-7,10,13,15H,3,8-9H2,1-2H3,(H,16,17,18). The lowest BCUT2D eigenvalue weighted by molar-refractivity contribution is 0.506. The van der Waals surface area contributed by atoms with E-state index in [9.17, 15) is 0 Å². The van der Waals surface area contributed by atoms with Gasteiger partial charge in [-0.15, -0.1) is 0 Å². The molecular formula is C14H20N4. The fourth-order valence-corrected chi connectivity index (χ4v) is 1.93. The summed E-state index contributed by atoms with van der Waals surface area (Å²) in [6.45, 7) is 5.25. The highest BCUT2D eigenvalue weighted by Gasteiger charge is 2.14. The van der Waals surface area contributed by atoms with Crippen LogP contribution in [0.15, 0.2) is 30.6 Å². The molecule has 0 fully saturated rings. The molecule has 1 aromatic heterocycles. The predicted octanol–water partition coefficient (Wildman–Crippen LogP) is 2.40. The van der Waals surface area contributed by atoms with Gasteiger partial charge in [0.05, 0.1) is 6.04 Å². The van der Waals surface area contributed by atoms with Crippen molar-refractivity contribution in [2.24, 2.45) is 0 Å². The molecule has 0 spiro atoms. The summed E-state index contributed by atoms with van der Waals surface area (Å²) in [4.78, 5) is 4.25. The van der Waals surface area contributed by atoms with Crippen LogP contribution in [-0.2, 0) is 6.42 Å². The molecule has 1 atom stereocenters. The maximum absolute atomic E-state index is 4.25. The van der Waals surface area contributed by atoms with E-state index in [1.807, 2.05) is 0 Å². The molecule has 0 saturated heterocycles. The largest absolute Gasteiger partial charge is 0.307 e. The number of benzene rings is 1. The number of H-pyrrole nitrogens is 1. The smallest absolute Gasteiger partial charge is 0.141 e. The van der Waals surface area contributed by atoms with E-state index in [1.165, 1.54) is 11.1 Å². The van der Waals surface area contributed by atoms with Crippen LogP contribution in [0, 0.1) is 6.92 Å². The lowest BCUT2D eigenvalue weighted by Crippen LogP contribution is -2.25. The molecule has 0 aliphatic rings. The van der Waals surface area contributed by atoms with Crippen LogP contribution in [0.5, 0.6) is 0 Å². The Labute approximate surface area is 108 Å². The normalized spacial score (nSPS) is 12.6. The first kappa shape index (κ1) is 12.8. The molecule has 2 aromatic rings. The van der Waals surface area contributed by atoms with Crippen molar-refractivity contribution < 1.29 is 0 Å². The molecule has 0 bridgehead atoms. The Balaban J connectivity index is 2.07. The molecule has 2 N–H and O–H groups in total. The number of hydrogen-bond acceptors (Lipinski definition) is 3. The van der Waals surface area contributed by atoms with Crippen molar-refractivity contribution in [3.05, 3.63) is 47.5 Å². The summed E-state index contributed by atoms with van der Waals surface area (Å²) in [5.74, 6) is 0.907. The lowest BCUT2D eigenvalue weighted by atomic mass is 10.0. The first-order valence-electron chi connectivity index (χ1n) is 6.43. The van der Waals surface area contributed by atoms with Crippen molar-refractivity contribution in [3.63, 3.8) is 0 Å². The van der Waals surface area contributed by atoms with Gasteiger partial charge in [-0.3, -0.25) is 5.10 Å². The number of aryl methyl sites for hydroxylation is 1. The lowest BCUT2D eigenvalue weighted by Gasteiger charge is -2.16. The van der Waals surface area contributed by atoms with E-state index in [0.717, 1.165) is 25.2 Å². The first-order chi connectivity index (χ1) is 8.79. The van der Waals surface area contributed by atoms with Gasteiger partial charge in [0, 0.05) is 0 Å². The molecule has 1 aromatic carbocycles. The summed E-state index contributed by atoms with van der Waals surface area (Å²) in [7, 11) is 0. The Kier molecular flexibility index (Phi) is 4.47. The van der Waals surface area contributed by atoms with Crippen molar-refractivity contribution in [1.82, 2.24) is 20.5 Å². The second-order valence-corrected chi connectivity index (χ2v) is 4.57. The molecular weight excluding hydrogens is 224 g/mol. The zero-order valence-corrected chi connectivity index (χ0v) is 11.0. The Morgan fingerprint density at radius 3 is 2.67 bits per heavy atom. The minimum absolute atomic E-state index is 0.204. The number of nitrogens with one attached hydrogen (secondary N) is 2. The second-order valence-electron chi connectivity index (χ2n) is 4.57. The average Bonchev–Trinajstić information content (AvgIpc) is 2.90. The quantitative estimate of drug-likeness (QED) is 0.820. The van der Waals surface area contributed by atoms with Crippen LogP contribution in [0.1, 0.15) is 36.3 Å². The number of nitrogens with zero attached hydrogens (tertiary/aromatic N) is 2. The molecule has 1 heterocycles. The maximum atomic E-state index is 4.25. The van der Waals surface area contributed by atoms with Crippen LogP contribution in [0.25, 0.3) is 0 Å². The van der Waals surface area contributed by atoms with E-state index < -0.39 is 0 Å². The van der Waals surface area contributed by atoms with E-state index in [1.54, 1.807) is 6.33 Å². The molecule has 0 aliphatic heterocycles. The van der Waals surface area contributed by atoms with Crippen LogP contribution < -0.4 is 5.32 Å². The molecule has 0 radical (unpaired) electrons. The van der Waals surface area contributed by atoms with Gasteiger partial charge in [0.15, 0.2) is 0 Å². The van der Waals surface area contributed by atoms with Gasteiger partial charge < -0.3 is 5.32 Å². The Morgan fingerprint density at radius 1 is 1.28 bits per heavy atom. The average molecular weight is 244 g/mol. The molecule has 0 amide bonds. The van der Waals surface area contributed by atoms with Gasteiger partial charge >= 0.3 is 0 Å². The highest BCUT2D eigenvalue weighted by atomic mass is 15.2. The minimum Gasteiger partial charge on any atom is -0.307 e. The highest BCUT2D eigenvalue weighted by molar-refractivity contribution is 5.22. The van der Waals surface area contributed by atoms with Gasteiger partial charge in [-0.25, -0.2) is 4.98 Å². The van der Waals surface area contributed by atoms with Crippen LogP contribution >= 0.6 is 0 Å². The van der Waals surface area contributed by atoms with Crippen molar-refractivity contribution in [2.45, 2.75) is 32.7 Å². The van der Waals surface area contributed by atoms with Crippen LogP contribution in [0.3, 0.4) is 0 Å². The van der Waals surface area contributed by atoms with Crippen LogP contribution in [0.4, 0.5) is 0 Å². The van der Waals surface area contributed by atoms with Gasteiger partial charge in [0.2, 0.25) is 0 Å². The Hall–Kier alpha value is -1.68. The third-order valence-corrected chi connectivity index (χ3v) is 2.96. The molecule has 96 valence electrons. The molecule has 2 rings (SSSR count). The van der Waals surface area contributed by atoms with E-state index in [4.69, 9.17) is 0 Å². The van der Waals surface area contributed by atoms with E-state index >= 15 is 0 Å². The van der Waals surface area contributed by atoms with E-state index in [0.29, 0.717) is 0 Å². The van der Waals surface area contributed by atoms with Crippen LogP contribution in [-0.4, -0.2) is 21.7 Å². The fraction of sp³-hybridized carbons (Fsp3) is 0.429. The Morgan fingerprint density at radius 2 is 2.06 bits per heavy atom. The van der Waals surface area contributed by atoms with Gasteiger partial charge in [0.1, 0.15) is 12.2 Å². The summed E-state index contributed by atoms with van der Waals surface area (Å²) in [6, 6.07) is 8.84. The van der Waals surface area contributed by atoms with Gasteiger partial charge in [-0.2, -0.15) is 5.10 Å². The molecule has 0 aliphatic carbocycles. The first-order valence-corrected chi connectivity index (χ1v) is 6.43. The van der Waals surface area contributed by atoms with Gasteiger partial charge in [-0.05, 0) is 31.9 Å². The van der Waals surface area contributed by atoms with E-state index in [2.05, 4.69) is 58.6 Å². The zero-order valence-electron chi connectivity index (χ0n) is 11.0. The minimum atomic E-state index is 0.204. The number of rotatable bonds is 6. The van der Waals surface area contributed by atoms with Crippen molar-refractivity contribution in [2.75, 3.05) is 6.54 Å². The summed E-state index contributed by atoms with van der Waals surface area (Å²) in [5, 5.41) is 10.4. The predicted molar refractivity (Wildman–Crippen MR) is 72.3 cm³/mol. The number of aromatic amines is 1. The van der Waals surface area contributed by atoms with Crippen LogP contribution in [0.2, 0.25) is 0 Å². The van der Waals surface area contributed by atoms with Gasteiger partial charge in [-0.1, -0.05) is 36.8 Å². The van der Waals surface area contributed by atoms with Gasteiger partial charge in [0.25, 0.3) is 0 Å². The van der Waals surface area contributed by atoms with Crippen molar-refractivity contribution >= 4 is 0 Å². The van der Waals surface area contributed by atoms with Crippen molar-refractivity contribution in [1.29, 1.82) is 0 Å². The number of hydrogen-bond donors (Lipinski definition) is 2. The Bertz CT molecular complexity index is 447. The maximum Gasteiger partial charge on any atom is 0.141 e. The summed E-state index contributed by atoms with van der Waals surface area (Å²) >= 11 is 0. The highest BCUT2D eigenvalue weighted by Crippen LogP contribution is 2.15. The monoisotopic (exact) mass is 244 g/mol. The molecule has 0 saturated carbocycles. The number of aromatic nitrogens is 3. The SMILES string of the molecule is CCCNC(Cc1ccc(C)cc1)c1ncn[nH]1. The van der Waals surface area contributed by atoms with Crippen molar-refractivity contribution in [3.8, 4) is 0 Å². The second kappa shape index (κ2) is 6.31. The summed E-state index contributed by atoms with van der Waals surface area (Å²) in [5.41, 5.74) is 2.60. The molecule has 1 unspecified atom stereocenters. The molecule has 4 nitrogen and oxygen atoms in total. The topological polar surface area (TPSA) is 53.6 Å². The third-order valence-electron chi connectivity index (χ3n) is 2.96. The fourth-order valence-electron chi connectivity index (χ4n) is 1.93. The zero-order chi connectivity index (χ0) is 12.8.